The van der Waals surface area contributed by atoms with Crippen molar-refractivity contribution in [2.45, 2.75) is 6.42 Å². The molecule has 0 aliphatic carbocycles. The number of likely N-dealkylation sites (N-methyl/N-ethyl adjacent to an activating group) is 1. The number of benzene rings is 2. The van der Waals surface area contributed by atoms with Crippen LogP contribution in [0.4, 0.5) is 5.69 Å². The van der Waals surface area contributed by atoms with Gasteiger partial charge in [-0.05, 0) is 36.2 Å². The van der Waals surface area contributed by atoms with E-state index in [1.165, 1.54) is 11.3 Å². The molecule has 1 aliphatic rings. The molecule has 7 nitrogen and oxygen atoms in total. The number of hydrogen-bond donors (Lipinski definition) is 1. The summed E-state index contributed by atoms with van der Waals surface area (Å²) in [6.45, 7) is 4.41. The Kier molecular flexibility index (Phi) is 8.15. The lowest BCUT2D eigenvalue weighted by Crippen LogP contribution is -2.53. The maximum Gasteiger partial charge on any atom is 0.243 e. The van der Waals surface area contributed by atoms with Crippen molar-refractivity contribution < 1.29 is 9.53 Å². The molecule has 0 saturated carbocycles. The van der Waals surface area contributed by atoms with Gasteiger partial charge in [-0.15, -0.1) is 0 Å². The van der Waals surface area contributed by atoms with Gasteiger partial charge in [-0.1, -0.05) is 30.3 Å². The average Bonchev–Trinajstić information content (AvgIpc) is 2.82. The molecule has 7 heteroatoms. The van der Waals surface area contributed by atoms with Crippen LogP contribution in [0.15, 0.2) is 59.6 Å². The fraction of sp³-hybridized carbons (Fsp3) is 0.417. The van der Waals surface area contributed by atoms with Crippen LogP contribution >= 0.6 is 0 Å². The Labute approximate surface area is 185 Å². The third-order valence-corrected chi connectivity index (χ3v) is 5.42. The van der Waals surface area contributed by atoms with E-state index >= 15 is 0 Å². The smallest absolute Gasteiger partial charge is 0.243 e. The van der Waals surface area contributed by atoms with Crippen molar-refractivity contribution in [3.63, 3.8) is 0 Å². The highest BCUT2D eigenvalue weighted by molar-refractivity contribution is 5.85. The van der Waals surface area contributed by atoms with Crippen molar-refractivity contribution in [3.05, 3.63) is 60.2 Å². The predicted octanol–water partition coefficient (Wildman–Crippen LogP) is 2.09. The molecule has 2 aromatic carbocycles. The maximum atomic E-state index is 12.1. The van der Waals surface area contributed by atoms with E-state index in [0.29, 0.717) is 0 Å². The van der Waals surface area contributed by atoms with Crippen molar-refractivity contribution in [3.8, 4) is 5.75 Å². The third kappa shape index (κ3) is 6.64. The fourth-order valence-corrected chi connectivity index (χ4v) is 3.48. The molecule has 2 aromatic rings. The molecular formula is C24H33N5O2. The van der Waals surface area contributed by atoms with Gasteiger partial charge in [-0.25, -0.2) is 4.99 Å². The summed E-state index contributed by atoms with van der Waals surface area (Å²) in [5.74, 6) is 1.67. The highest BCUT2D eigenvalue weighted by atomic mass is 16.5. The highest BCUT2D eigenvalue weighted by Gasteiger charge is 2.20. The number of guanidine groups is 1. The molecule has 31 heavy (non-hydrogen) atoms. The normalized spacial score (nSPS) is 14.4. The molecule has 1 aliphatic heterocycles. The first kappa shape index (κ1) is 22.5. The lowest BCUT2D eigenvalue weighted by molar-refractivity contribution is -0.127. The van der Waals surface area contributed by atoms with Crippen LogP contribution in [0.1, 0.15) is 5.56 Å². The molecule has 0 radical (unpaired) electrons. The van der Waals surface area contributed by atoms with Crippen LogP contribution in [0.3, 0.4) is 0 Å². The zero-order valence-corrected chi connectivity index (χ0v) is 18.8. The Hall–Kier alpha value is -3.22. The number of nitrogens with zero attached hydrogens (tertiary/aromatic N) is 4. The molecule has 1 amide bonds. The van der Waals surface area contributed by atoms with Crippen LogP contribution in [-0.4, -0.2) is 82.1 Å². The number of piperazine rings is 1. The summed E-state index contributed by atoms with van der Waals surface area (Å²) in [5, 5.41) is 3.47. The molecule has 0 spiro atoms. The molecule has 166 valence electrons. The molecule has 1 saturated heterocycles. The average molecular weight is 424 g/mol. The Bertz CT molecular complexity index is 844. The molecule has 0 unspecified atom stereocenters. The van der Waals surface area contributed by atoms with Crippen LogP contribution < -0.4 is 15.0 Å². The highest BCUT2D eigenvalue weighted by Crippen LogP contribution is 2.20. The minimum Gasteiger partial charge on any atom is -0.497 e. The summed E-state index contributed by atoms with van der Waals surface area (Å²) in [5.41, 5.74) is 2.47. The molecule has 1 fully saturated rings. The molecule has 0 atom stereocenters. The third-order valence-electron chi connectivity index (χ3n) is 5.42. The standard InChI is InChI=1S/C24H33N5O2/c1-27(2)23(30)19-26-24(25-14-13-20-7-5-4-6-8-20)29-17-15-28(16-18-29)21-9-11-22(31-3)12-10-21/h4-12H,13-19H2,1-3H3,(H,25,26). The van der Waals surface area contributed by atoms with E-state index in [0.717, 1.165) is 50.9 Å². The molecule has 1 heterocycles. The van der Waals surface area contributed by atoms with Gasteiger partial charge in [-0.3, -0.25) is 4.79 Å². The van der Waals surface area contributed by atoms with Crippen LogP contribution in [0.2, 0.25) is 0 Å². The first-order chi connectivity index (χ1) is 15.1. The Morgan fingerprint density at radius 1 is 1.03 bits per heavy atom. The zero-order chi connectivity index (χ0) is 22.1. The Balaban J connectivity index is 1.60. The first-order valence-electron chi connectivity index (χ1n) is 10.7. The van der Waals surface area contributed by atoms with Crippen LogP contribution in [-0.2, 0) is 11.2 Å². The summed E-state index contributed by atoms with van der Waals surface area (Å²) >= 11 is 0. The van der Waals surface area contributed by atoms with Crippen molar-refractivity contribution in [2.75, 3.05) is 65.4 Å². The predicted molar refractivity (Wildman–Crippen MR) is 126 cm³/mol. The summed E-state index contributed by atoms with van der Waals surface area (Å²) in [6.07, 6.45) is 0.910. The second-order valence-corrected chi connectivity index (χ2v) is 7.76. The largest absolute Gasteiger partial charge is 0.497 e. The van der Waals surface area contributed by atoms with Gasteiger partial charge >= 0.3 is 0 Å². The SMILES string of the molecule is COc1ccc(N2CCN(C(=NCC(=O)N(C)C)NCCc3ccccc3)CC2)cc1. The van der Waals surface area contributed by atoms with Gasteiger partial charge in [0.2, 0.25) is 5.91 Å². The lowest BCUT2D eigenvalue weighted by atomic mass is 10.1. The van der Waals surface area contributed by atoms with Gasteiger partial charge in [0.25, 0.3) is 0 Å². The number of rotatable bonds is 7. The number of amides is 1. The first-order valence-corrected chi connectivity index (χ1v) is 10.7. The number of carbonyl (C=O) groups excluding carboxylic acids is 1. The van der Waals surface area contributed by atoms with Gasteiger partial charge < -0.3 is 24.8 Å². The van der Waals surface area contributed by atoms with Crippen molar-refractivity contribution >= 4 is 17.6 Å². The van der Waals surface area contributed by atoms with Crippen molar-refractivity contribution in [2.24, 2.45) is 4.99 Å². The number of aliphatic imine (C=N–C) groups is 1. The second kappa shape index (κ2) is 11.2. The van der Waals surface area contributed by atoms with Gasteiger partial charge in [0.15, 0.2) is 5.96 Å². The number of ether oxygens (including phenoxy) is 1. The van der Waals surface area contributed by atoms with Crippen LogP contribution in [0.5, 0.6) is 5.75 Å². The van der Waals surface area contributed by atoms with Crippen LogP contribution in [0, 0.1) is 0 Å². The van der Waals surface area contributed by atoms with E-state index in [-0.39, 0.29) is 12.5 Å². The fourth-order valence-electron chi connectivity index (χ4n) is 3.48. The number of carbonyl (C=O) groups is 1. The number of anilines is 1. The van der Waals surface area contributed by atoms with E-state index in [2.05, 4.69) is 56.5 Å². The van der Waals surface area contributed by atoms with Gasteiger partial charge in [0, 0.05) is 52.5 Å². The second-order valence-electron chi connectivity index (χ2n) is 7.76. The van der Waals surface area contributed by atoms with Crippen molar-refractivity contribution in [1.29, 1.82) is 0 Å². The lowest BCUT2D eigenvalue weighted by Gasteiger charge is -2.37. The van der Waals surface area contributed by atoms with Crippen LogP contribution in [0.25, 0.3) is 0 Å². The molecule has 0 bridgehead atoms. The summed E-state index contributed by atoms with van der Waals surface area (Å²) in [7, 11) is 5.20. The molecule has 1 N–H and O–H groups in total. The Morgan fingerprint density at radius 2 is 1.71 bits per heavy atom. The molecular weight excluding hydrogens is 390 g/mol. The minimum absolute atomic E-state index is 0.000715. The Morgan fingerprint density at radius 3 is 2.32 bits per heavy atom. The van der Waals surface area contributed by atoms with E-state index in [1.54, 1.807) is 26.1 Å². The van der Waals surface area contributed by atoms with E-state index < -0.39 is 0 Å². The number of hydrogen-bond acceptors (Lipinski definition) is 4. The van der Waals surface area contributed by atoms with E-state index in [4.69, 9.17) is 4.74 Å². The number of methoxy groups -OCH3 is 1. The molecule has 3 rings (SSSR count). The monoisotopic (exact) mass is 423 g/mol. The van der Waals surface area contributed by atoms with Gasteiger partial charge in [0.1, 0.15) is 12.3 Å². The summed E-state index contributed by atoms with van der Waals surface area (Å²) in [4.78, 5) is 22.9. The van der Waals surface area contributed by atoms with E-state index in [9.17, 15) is 4.79 Å². The van der Waals surface area contributed by atoms with Gasteiger partial charge in [-0.2, -0.15) is 0 Å². The topological polar surface area (TPSA) is 60.4 Å². The van der Waals surface area contributed by atoms with Crippen molar-refractivity contribution in [1.82, 2.24) is 15.1 Å². The summed E-state index contributed by atoms with van der Waals surface area (Å²) in [6, 6.07) is 18.6. The zero-order valence-electron chi connectivity index (χ0n) is 18.8. The quantitative estimate of drug-likeness (QED) is 0.546. The van der Waals surface area contributed by atoms with E-state index in [1.807, 2.05) is 18.2 Å². The molecule has 0 aromatic heterocycles. The minimum atomic E-state index is -0.000715. The maximum absolute atomic E-state index is 12.1. The van der Waals surface area contributed by atoms with Gasteiger partial charge in [0.05, 0.1) is 7.11 Å². The summed E-state index contributed by atoms with van der Waals surface area (Å²) < 4.78 is 5.26. The number of nitrogens with one attached hydrogen (secondary N) is 1.